The summed E-state index contributed by atoms with van der Waals surface area (Å²) in [7, 11) is 0. The first-order valence-corrected chi connectivity index (χ1v) is 8.17. The Morgan fingerprint density at radius 1 is 1.15 bits per heavy atom. The van der Waals surface area contributed by atoms with Gasteiger partial charge in [-0.2, -0.15) is 5.10 Å². The van der Waals surface area contributed by atoms with Crippen LogP contribution in [0.15, 0.2) is 73.1 Å². The fraction of sp³-hybridized carbons (Fsp3) is 0.100. The SMILES string of the molecule is O=C(/C=C/c1cnn(-c2ccccc2)c1)Nc1ccc(OCCO)cc1. The first-order valence-electron chi connectivity index (χ1n) is 8.17. The van der Waals surface area contributed by atoms with Crippen molar-refractivity contribution in [2.24, 2.45) is 0 Å². The summed E-state index contributed by atoms with van der Waals surface area (Å²) < 4.78 is 7.03. The predicted molar refractivity (Wildman–Crippen MR) is 100 cm³/mol. The summed E-state index contributed by atoms with van der Waals surface area (Å²) >= 11 is 0. The molecule has 26 heavy (non-hydrogen) atoms. The molecule has 0 aliphatic rings. The summed E-state index contributed by atoms with van der Waals surface area (Å²) in [5, 5.41) is 15.8. The van der Waals surface area contributed by atoms with Gasteiger partial charge in [0.2, 0.25) is 5.91 Å². The molecule has 2 N–H and O–H groups in total. The number of aliphatic hydroxyl groups is 1. The van der Waals surface area contributed by atoms with Crippen LogP contribution in [0.5, 0.6) is 5.75 Å². The number of nitrogens with one attached hydrogen (secondary N) is 1. The second-order valence-corrected chi connectivity index (χ2v) is 5.47. The number of carbonyl (C=O) groups is 1. The Hall–Kier alpha value is -3.38. The van der Waals surface area contributed by atoms with Crippen molar-refractivity contribution in [1.29, 1.82) is 0 Å². The van der Waals surface area contributed by atoms with Crippen LogP contribution in [0.25, 0.3) is 11.8 Å². The van der Waals surface area contributed by atoms with Crippen LogP contribution in [0.3, 0.4) is 0 Å². The smallest absolute Gasteiger partial charge is 0.248 e. The lowest BCUT2D eigenvalue weighted by Crippen LogP contribution is -2.07. The van der Waals surface area contributed by atoms with Crippen molar-refractivity contribution in [1.82, 2.24) is 9.78 Å². The number of carbonyl (C=O) groups excluding carboxylic acids is 1. The molecule has 3 aromatic rings. The van der Waals surface area contributed by atoms with E-state index in [1.165, 1.54) is 6.08 Å². The number of hydrogen-bond donors (Lipinski definition) is 2. The van der Waals surface area contributed by atoms with Gasteiger partial charge in [-0.25, -0.2) is 4.68 Å². The van der Waals surface area contributed by atoms with Crippen LogP contribution in [-0.2, 0) is 4.79 Å². The molecule has 6 heteroatoms. The number of ether oxygens (including phenoxy) is 1. The second kappa shape index (κ2) is 8.64. The van der Waals surface area contributed by atoms with E-state index in [4.69, 9.17) is 9.84 Å². The van der Waals surface area contributed by atoms with Gasteiger partial charge in [-0.05, 0) is 42.5 Å². The first-order chi connectivity index (χ1) is 12.7. The molecular formula is C20H19N3O3. The van der Waals surface area contributed by atoms with Crippen LogP contribution >= 0.6 is 0 Å². The molecule has 0 fully saturated rings. The molecule has 1 aromatic heterocycles. The van der Waals surface area contributed by atoms with Gasteiger partial charge >= 0.3 is 0 Å². The van der Waals surface area contributed by atoms with Crippen LogP contribution < -0.4 is 10.1 Å². The maximum atomic E-state index is 12.0. The molecule has 0 bridgehead atoms. The summed E-state index contributed by atoms with van der Waals surface area (Å²) in [5.41, 5.74) is 2.45. The molecule has 0 spiro atoms. The lowest BCUT2D eigenvalue weighted by atomic mass is 10.3. The highest BCUT2D eigenvalue weighted by Crippen LogP contribution is 2.16. The summed E-state index contributed by atoms with van der Waals surface area (Å²) in [5.74, 6) is 0.405. The van der Waals surface area contributed by atoms with E-state index >= 15 is 0 Å². The van der Waals surface area contributed by atoms with E-state index in [-0.39, 0.29) is 19.1 Å². The lowest BCUT2D eigenvalue weighted by Gasteiger charge is -2.06. The second-order valence-electron chi connectivity index (χ2n) is 5.47. The monoisotopic (exact) mass is 349 g/mol. The summed E-state index contributed by atoms with van der Waals surface area (Å²) in [6, 6.07) is 16.7. The zero-order chi connectivity index (χ0) is 18.2. The third-order valence-corrected chi connectivity index (χ3v) is 3.53. The van der Waals surface area contributed by atoms with E-state index in [1.807, 2.05) is 36.5 Å². The number of hydrogen-bond acceptors (Lipinski definition) is 4. The minimum absolute atomic E-state index is 0.0376. The molecule has 0 aliphatic heterocycles. The van der Waals surface area contributed by atoms with Crippen molar-refractivity contribution >= 4 is 17.7 Å². The number of anilines is 1. The molecule has 0 unspecified atom stereocenters. The van der Waals surface area contributed by atoms with Gasteiger partial charge in [0.25, 0.3) is 0 Å². The molecule has 0 saturated carbocycles. The van der Waals surface area contributed by atoms with Crippen LogP contribution in [0.2, 0.25) is 0 Å². The Morgan fingerprint density at radius 2 is 1.92 bits per heavy atom. The van der Waals surface area contributed by atoms with E-state index < -0.39 is 0 Å². The van der Waals surface area contributed by atoms with Crippen LogP contribution in [0.1, 0.15) is 5.56 Å². The lowest BCUT2D eigenvalue weighted by molar-refractivity contribution is -0.111. The number of aliphatic hydroxyl groups excluding tert-OH is 1. The van der Waals surface area contributed by atoms with Crippen molar-refractivity contribution < 1.29 is 14.6 Å². The Labute approximate surface area is 151 Å². The van der Waals surface area contributed by atoms with Crippen molar-refractivity contribution in [3.63, 3.8) is 0 Å². The van der Waals surface area contributed by atoms with E-state index in [1.54, 1.807) is 41.2 Å². The van der Waals surface area contributed by atoms with E-state index in [0.29, 0.717) is 11.4 Å². The van der Waals surface area contributed by atoms with Gasteiger partial charge in [0.1, 0.15) is 12.4 Å². The molecule has 0 atom stereocenters. The Bertz CT molecular complexity index is 871. The third kappa shape index (κ3) is 4.81. The maximum absolute atomic E-state index is 12.0. The predicted octanol–water partition coefficient (Wildman–Crippen LogP) is 2.90. The summed E-state index contributed by atoms with van der Waals surface area (Å²) in [4.78, 5) is 12.0. The van der Waals surface area contributed by atoms with Crippen molar-refractivity contribution in [2.75, 3.05) is 18.5 Å². The highest BCUT2D eigenvalue weighted by atomic mass is 16.5. The van der Waals surface area contributed by atoms with Crippen molar-refractivity contribution in [3.8, 4) is 11.4 Å². The van der Waals surface area contributed by atoms with Crippen LogP contribution in [-0.4, -0.2) is 34.0 Å². The van der Waals surface area contributed by atoms with Crippen molar-refractivity contribution in [3.05, 3.63) is 78.6 Å². The summed E-state index contributed by atoms with van der Waals surface area (Å²) in [6.45, 7) is 0.204. The maximum Gasteiger partial charge on any atom is 0.248 e. The van der Waals surface area contributed by atoms with Gasteiger partial charge < -0.3 is 15.2 Å². The van der Waals surface area contributed by atoms with E-state index in [2.05, 4.69) is 10.4 Å². The number of amides is 1. The average Bonchev–Trinajstić information content (AvgIpc) is 3.16. The van der Waals surface area contributed by atoms with Gasteiger partial charge in [-0.1, -0.05) is 18.2 Å². The zero-order valence-electron chi connectivity index (χ0n) is 14.1. The highest BCUT2D eigenvalue weighted by molar-refractivity contribution is 6.01. The number of para-hydroxylation sites is 1. The minimum atomic E-state index is -0.235. The first kappa shape index (κ1) is 17.4. The van der Waals surface area contributed by atoms with Crippen molar-refractivity contribution in [2.45, 2.75) is 0 Å². The zero-order valence-corrected chi connectivity index (χ0v) is 14.1. The highest BCUT2D eigenvalue weighted by Gasteiger charge is 2.01. The molecule has 3 rings (SSSR count). The van der Waals surface area contributed by atoms with Crippen LogP contribution in [0.4, 0.5) is 5.69 Å². The molecule has 1 heterocycles. The van der Waals surface area contributed by atoms with Gasteiger partial charge in [-0.15, -0.1) is 0 Å². The topological polar surface area (TPSA) is 76.4 Å². The molecule has 2 aromatic carbocycles. The van der Waals surface area contributed by atoms with Gasteiger partial charge in [0.05, 0.1) is 18.5 Å². The third-order valence-electron chi connectivity index (χ3n) is 3.53. The Kier molecular flexibility index (Phi) is 5.80. The summed E-state index contributed by atoms with van der Waals surface area (Å²) in [6.07, 6.45) is 6.72. The molecule has 0 saturated heterocycles. The fourth-order valence-corrected chi connectivity index (χ4v) is 2.30. The van der Waals surface area contributed by atoms with E-state index in [9.17, 15) is 4.79 Å². The van der Waals surface area contributed by atoms with Crippen LogP contribution in [0, 0.1) is 0 Å². The van der Waals surface area contributed by atoms with Gasteiger partial charge in [0.15, 0.2) is 0 Å². The Morgan fingerprint density at radius 3 is 2.65 bits per heavy atom. The largest absolute Gasteiger partial charge is 0.491 e. The average molecular weight is 349 g/mol. The number of benzene rings is 2. The molecule has 1 amide bonds. The standard InChI is InChI=1S/C20H19N3O3/c24-12-13-26-19-9-7-17(8-10-19)22-20(25)11-6-16-14-21-23(15-16)18-4-2-1-3-5-18/h1-11,14-15,24H,12-13H2,(H,22,25)/b11-6+. The Balaban J connectivity index is 1.57. The normalized spacial score (nSPS) is 10.8. The minimum Gasteiger partial charge on any atom is -0.491 e. The number of nitrogens with zero attached hydrogens (tertiary/aromatic N) is 2. The fourth-order valence-electron chi connectivity index (χ4n) is 2.30. The molecular weight excluding hydrogens is 330 g/mol. The molecule has 6 nitrogen and oxygen atoms in total. The molecule has 0 aliphatic carbocycles. The van der Waals surface area contributed by atoms with E-state index in [0.717, 1.165) is 11.3 Å². The van der Waals surface area contributed by atoms with Gasteiger partial charge in [-0.3, -0.25) is 4.79 Å². The van der Waals surface area contributed by atoms with Gasteiger partial charge in [0, 0.05) is 23.5 Å². The molecule has 0 radical (unpaired) electrons. The number of rotatable bonds is 7. The number of aromatic nitrogens is 2. The quantitative estimate of drug-likeness (QED) is 0.643. The molecule has 132 valence electrons.